The van der Waals surface area contributed by atoms with Gasteiger partial charge in [-0.1, -0.05) is 35.9 Å². The van der Waals surface area contributed by atoms with Crippen molar-refractivity contribution >= 4 is 45.0 Å². The zero-order valence-corrected chi connectivity index (χ0v) is 20.4. The molecule has 2 heterocycles. The summed E-state index contributed by atoms with van der Waals surface area (Å²) in [5.74, 6) is -0.580. The first-order chi connectivity index (χ1) is 17.2. The van der Waals surface area contributed by atoms with Crippen LogP contribution in [0.2, 0.25) is 5.02 Å². The second-order valence-electron chi connectivity index (χ2n) is 9.50. The van der Waals surface area contributed by atoms with E-state index in [0.717, 1.165) is 21.9 Å². The van der Waals surface area contributed by atoms with E-state index in [1.807, 2.05) is 54.6 Å². The smallest absolute Gasteiger partial charge is 0.224 e. The SMILES string of the molecule is CC1(F)C[C@@H](C#N)N(C(=O)CCC(=O)c2ccnc3ccc(-c4ccc5cc(Cl)ccc5c4)cc23)C1. The highest BCUT2D eigenvalue weighted by Gasteiger charge is 2.43. The van der Waals surface area contributed by atoms with Crippen molar-refractivity contribution in [1.82, 2.24) is 9.88 Å². The molecular weight excluding hydrogens is 477 g/mol. The second-order valence-corrected chi connectivity index (χ2v) is 9.94. The van der Waals surface area contributed by atoms with Gasteiger partial charge in [0.15, 0.2) is 5.78 Å². The number of ketones is 1. The maximum atomic E-state index is 14.4. The van der Waals surface area contributed by atoms with E-state index in [2.05, 4.69) is 11.1 Å². The Bertz CT molecular complexity index is 1560. The summed E-state index contributed by atoms with van der Waals surface area (Å²) in [7, 11) is 0. The number of carbonyl (C=O) groups excluding carboxylic acids is 2. The molecule has 1 saturated heterocycles. The van der Waals surface area contributed by atoms with Gasteiger partial charge in [0, 0.05) is 41.4 Å². The number of aromatic nitrogens is 1. The van der Waals surface area contributed by atoms with Gasteiger partial charge >= 0.3 is 0 Å². The minimum Gasteiger partial charge on any atom is -0.323 e. The lowest BCUT2D eigenvalue weighted by atomic mass is 9.96. The van der Waals surface area contributed by atoms with E-state index in [0.29, 0.717) is 21.5 Å². The van der Waals surface area contributed by atoms with Crippen molar-refractivity contribution in [3.63, 3.8) is 0 Å². The van der Waals surface area contributed by atoms with Crippen LogP contribution >= 0.6 is 11.6 Å². The highest BCUT2D eigenvalue weighted by atomic mass is 35.5. The third-order valence-electron chi connectivity index (χ3n) is 6.71. The molecule has 1 aliphatic rings. The van der Waals surface area contributed by atoms with Crippen molar-refractivity contribution in [3.8, 4) is 17.2 Å². The number of halogens is 2. The molecule has 0 spiro atoms. The summed E-state index contributed by atoms with van der Waals surface area (Å²) in [6.45, 7) is 1.26. The van der Waals surface area contributed by atoms with Crippen molar-refractivity contribution in [2.75, 3.05) is 6.54 Å². The molecule has 0 bridgehead atoms. The Hall–Kier alpha value is -3.82. The molecule has 0 saturated carbocycles. The maximum Gasteiger partial charge on any atom is 0.224 e. The van der Waals surface area contributed by atoms with Gasteiger partial charge in [-0.15, -0.1) is 0 Å². The molecule has 3 aromatic carbocycles. The number of hydrogen-bond donors (Lipinski definition) is 0. The summed E-state index contributed by atoms with van der Waals surface area (Å²) in [6.07, 6.45) is 1.46. The quantitative estimate of drug-likeness (QED) is 0.293. The molecule has 1 amide bonds. The molecule has 0 radical (unpaired) electrons. The van der Waals surface area contributed by atoms with Crippen molar-refractivity contribution in [2.24, 2.45) is 0 Å². The van der Waals surface area contributed by atoms with Gasteiger partial charge in [-0.25, -0.2) is 4.39 Å². The Morgan fingerprint density at radius 3 is 2.61 bits per heavy atom. The zero-order chi connectivity index (χ0) is 25.4. The van der Waals surface area contributed by atoms with Crippen LogP contribution < -0.4 is 0 Å². The predicted molar refractivity (Wildman–Crippen MR) is 139 cm³/mol. The standard InChI is InChI=1S/C29H23ClFN3O2/c1-29(31)15-23(16-32)34(17-29)28(36)9-8-27(35)24-10-11-33-26-7-5-21(14-25(24)26)18-2-3-20-13-22(30)6-4-19(20)12-18/h2-7,10-14,23H,8-9,15,17H2,1H3/t23-,29?/m0/s1. The molecule has 7 heteroatoms. The first-order valence-electron chi connectivity index (χ1n) is 11.7. The first kappa shape index (κ1) is 23.9. The summed E-state index contributed by atoms with van der Waals surface area (Å²) in [4.78, 5) is 31.5. The van der Waals surface area contributed by atoms with Crippen LogP contribution in [0.1, 0.15) is 36.5 Å². The third kappa shape index (κ3) is 4.67. The largest absolute Gasteiger partial charge is 0.323 e. The van der Waals surface area contributed by atoms with Gasteiger partial charge in [-0.2, -0.15) is 5.26 Å². The zero-order valence-electron chi connectivity index (χ0n) is 19.7. The third-order valence-corrected chi connectivity index (χ3v) is 6.94. The average Bonchev–Trinajstić information content (AvgIpc) is 3.20. The molecule has 4 aromatic rings. The second kappa shape index (κ2) is 9.33. The van der Waals surface area contributed by atoms with Gasteiger partial charge in [0.2, 0.25) is 5.91 Å². The lowest BCUT2D eigenvalue weighted by Crippen LogP contribution is -2.36. The van der Waals surface area contributed by atoms with E-state index in [9.17, 15) is 19.2 Å². The summed E-state index contributed by atoms with van der Waals surface area (Å²) in [5.41, 5.74) is 1.51. The van der Waals surface area contributed by atoms with Crippen molar-refractivity contribution in [2.45, 2.75) is 37.9 Å². The molecule has 36 heavy (non-hydrogen) atoms. The number of likely N-dealkylation sites (tertiary alicyclic amines) is 1. The number of benzene rings is 3. The summed E-state index contributed by atoms with van der Waals surface area (Å²) in [6, 6.07) is 20.5. The fourth-order valence-electron chi connectivity index (χ4n) is 4.88. The van der Waals surface area contributed by atoms with Gasteiger partial charge in [-0.3, -0.25) is 14.6 Å². The summed E-state index contributed by atoms with van der Waals surface area (Å²) in [5, 5.41) is 12.8. The number of carbonyl (C=O) groups is 2. The lowest BCUT2D eigenvalue weighted by Gasteiger charge is -2.19. The summed E-state index contributed by atoms with van der Waals surface area (Å²) >= 11 is 6.10. The van der Waals surface area contributed by atoms with Crippen LogP contribution in [-0.4, -0.2) is 39.8 Å². The maximum absolute atomic E-state index is 14.4. The number of amides is 1. The molecule has 2 atom stereocenters. The number of nitriles is 1. The Kier molecular flexibility index (Phi) is 6.19. The molecular formula is C29H23ClFN3O2. The highest BCUT2D eigenvalue weighted by Crippen LogP contribution is 2.32. The predicted octanol–water partition coefficient (Wildman–Crippen LogP) is 6.52. The number of hydrogen-bond acceptors (Lipinski definition) is 4. The average molecular weight is 500 g/mol. The Labute approximate surface area is 213 Å². The minimum absolute atomic E-state index is 0.0111. The Balaban J connectivity index is 1.39. The van der Waals surface area contributed by atoms with E-state index in [1.54, 1.807) is 12.3 Å². The number of pyridine rings is 1. The van der Waals surface area contributed by atoms with Crippen LogP contribution in [0.15, 0.2) is 66.9 Å². The molecule has 1 aliphatic heterocycles. The van der Waals surface area contributed by atoms with E-state index in [4.69, 9.17) is 11.6 Å². The molecule has 5 rings (SSSR count). The van der Waals surface area contributed by atoms with E-state index < -0.39 is 11.7 Å². The number of rotatable bonds is 5. The number of alkyl halides is 1. The molecule has 180 valence electrons. The molecule has 0 aliphatic carbocycles. The molecule has 1 fully saturated rings. The van der Waals surface area contributed by atoms with E-state index >= 15 is 0 Å². The van der Waals surface area contributed by atoms with Gasteiger partial charge in [0.25, 0.3) is 0 Å². The van der Waals surface area contributed by atoms with Crippen LogP contribution in [0.5, 0.6) is 0 Å². The minimum atomic E-state index is -1.59. The van der Waals surface area contributed by atoms with E-state index in [-0.39, 0.29) is 37.5 Å². The Morgan fingerprint density at radius 2 is 1.81 bits per heavy atom. The number of Topliss-reactive ketones (excluding diaryl/α,β-unsaturated/α-hetero) is 1. The number of fused-ring (bicyclic) bond motifs is 2. The number of nitrogens with zero attached hydrogens (tertiary/aromatic N) is 3. The highest BCUT2D eigenvalue weighted by molar-refractivity contribution is 6.31. The van der Waals surface area contributed by atoms with Crippen LogP contribution in [0.3, 0.4) is 0 Å². The fourth-order valence-corrected chi connectivity index (χ4v) is 5.06. The first-order valence-corrected chi connectivity index (χ1v) is 12.1. The van der Waals surface area contributed by atoms with Crippen LogP contribution in [0, 0.1) is 11.3 Å². The molecule has 0 N–H and O–H groups in total. The summed E-state index contributed by atoms with van der Waals surface area (Å²) < 4.78 is 14.4. The van der Waals surface area contributed by atoms with Crippen LogP contribution in [-0.2, 0) is 4.79 Å². The molecule has 5 nitrogen and oxygen atoms in total. The van der Waals surface area contributed by atoms with Gasteiger partial charge in [0.1, 0.15) is 11.7 Å². The molecule has 1 unspecified atom stereocenters. The van der Waals surface area contributed by atoms with Crippen molar-refractivity contribution in [1.29, 1.82) is 5.26 Å². The van der Waals surface area contributed by atoms with Gasteiger partial charge in [0.05, 0.1) is 18.1 Å². The molecule has 1 aromatic heterocycles. The van der Waals surface area contributed by atoms with Gasteiger partial charge in [-0.05, 0) is 65.2 Å². The topological polar surface area (TPSA) is 74.1 Å². The van der Waals surface area contributed by atoms with Crippen LogP contribution in [0.25, 0.3) is 32.8 Å². The van der Waals surface area contributed by atoms with Gasteiger partial charge < -0.3 is 4.90 Å². The normalized spacial score (nSPS) is 19.5. The van der Waals surface area contributed by atoms with Crippen molar-refractivity contribution in [3.05, 3.63) is 77.4 Å². The Morgan fingerprint density at radius 1 is 1.08 bits per heavy atom. The van der Waals surface area contributed by atoms with Crippen molar-refractivity contribution < 1.29 is 14.0 Å². The lowest BCUT2D eigenvalue weighted by molar-refractivity contribution is -0.131. The monoisotopic (exact) mass is 499 g/mol. The fraction of sp³-hybridized carbons (Fsp3) is 0.241. The van der Waals surface area contributed by atoms with Crippen LogP contribution in [0.4, 0.5) is 4.39 Å². The van der Waals surface area contributed by atoms with E-state index in [1.165, 1.54) is 11.8 Å².